The molecule has 0 aromatic heterocycles. The number of allylic oxidation sites excluding steroid dienone is 1. The molecule has 2 aliphatic carbocycles. The zero-order valence-corrected chi connectivity index (χ0v) is 25.8. The molecule has 1 aromatic rings. The van der Waals surface area contributed by atoms with Crippen molar-refractivity contribution in [3.63, 3.8) is 0 Å². The summed E-state index contributed by atoms with van der Waals surface area (Å²) in [7, 11) is 0. The third-order valence-electron chi connectivity index (χ3n) is 8.79. The van der Waals surface area contributed by atoms with Gasteiger partial charge in [0.05, 0.1) is 23.8 Å². The summed E-state index contributed by atoms with van der Waals surface area (Å²) in [6.07, 6.45) is 1.58. The second-order valence-corrected chi connectivity index (χ2v) is 13.1. The van der Waals surface area contributed by atoms with Gasteiger partial charge in [-0.1, -0.05) is 6.08 Å². The van der Waals surface area contributed by atoms with Crippen LogP contribution in [0.3, 0.4) is 0 Å². The van der Waals surface area contributed by atoms with E-state index in [1.54, 1.807) is 41.5 Å². The van der Waals surface area contributed by atoms with Crippen LogP contribution in [0.5, 0.6) is 0 Å². The van der Waals surface area contributed by atoms with Crippen LogP contribution >= 0.6 is 0 Å². The van der Waals surface area contributed by atoms with E-state index >= 15 is 13.2 Å². The van der Waals surface area contributed by atoms with E-state index in [1.807, 2.05) is 0 Å². The molecule has 0 bridgehead atoms. The molecule has 1 saturated heterocycles. The summed E-state index contributed by atoms with van der Waals surface area (Å²) >= 11 is 0. The Morgan fingerprint density at radius 1 is 1.16 bits per heavy atom. The zero-order valence-electron chi connectivity index (χ0n) is 25.8. The minimum absolute atomic E-state index is 0.00292. The Hall–Kier alpha value is -3.11. The Balaban J connectivity index is 1.61. The third-order valence-corrected chi connectivity index (χ3v) is 8.79. The van der Waals surface area contributed by atoms with Crippen molar-refractivity contribution >= 4 is 23.5 Å². The number of ether oxygens (including phenoxy) is 2. The van der Waals surface area contributed by atoms with Crippen molar-refractivity contribution in [1.29, 1.82) is 0 Å². The molecule has 3 fully saturated rings. The highest BCUT2D eigenvalue weighted by Crippen LogP contribution is 2.52. The number of esters is 1. The number of unbranched alkanes of at least 4 members (excludes halogenated alkanes) is 1. The van der Waals surface area contributed by atoms with Gasteiger partial charge in [0.25, 0.3) is 5.92 Å². The van der Waals surface area contributed by atoms with Gasteiger partial charge in [0.1, 0.15) is 23.2 Å². The Kier molecular flexibility index (Phi) is 9.24. The quantitative estimate of drug-likeness (QED) is 0.0599. The van der Waals surface area contributed by atoms with E-state index < -0.39 is 59.2 Å². The van der Waals surface area contributed by atoms with Gasteiger partial charge in [-0.25, -0.2) is 27.2 Å². The number of hydrogen-bond donors (Lipinski definition) is 1. The predicted molar refractivity (Wildman–Crippen MR) is 154 cm³/mol. The minimum atomic E-state index is -3.08. The third kappa shape index (κ3) is 7.01. The van der Waals surface area contributed by atoms with E-state index in [0.717, 1.165) is 6.07 Å². The summed E-state index contributed by atoms with van der Waals surface area (Å²) in [4.78, 5) is 40.4. The number of ketones is 1. The average Bonchev–Trinajstić information content (AvgIpc) is 3.38. The summed E-state index contributed by atoms with van der Waals surface area (Å²) in [6, 6.07) is 1.03. The van der Waals surface area contributed by atoms with Crippen LogP contribution in [0.25, 0.3) is 0 Å². The number of amides is 1. The highest BCUT2D eigenvalue weighted by Gasteiger charge is 2.64. The number of Topliss-reactive ketones (excluding diaryl/α,β-unsaturated/α-hetero) is 1. The molecule has 1 aliphatic heterocycles. The van der Waals surface area contributed by atoms with E-state index in [1.165, 1.54) is 11.0 Å². The summed E-state index contributed by atoms with van der Waals surface area (Å²) in [5.74, 6) is -6.66. The summed E-state index contributed by atoms with van der Waals surface area (Å²) < 4.78 is 69.6. The van der Waals surface area contributed by atoms with Crippen molar-refractivity contribution in [2.45, 2.75) is 103 Å². The molecule has 43 heavy (non-hydrogen) atoms. The number of carbonyl (C=O) groups is 3. The monoisotopic (exact) mass is 610 g/mol. The van der Waals surface area contributed by atoms with Crippen LogP contribution in [-0.2, 0) is 14.3 Å². The largest absolute Gasteiger partial charge is 0.462 e. The molecule has 7 nitrogen and oxygen atoms in total. The van der Waals surface area contributed by atoms with E-state index in [4.69, 9.17) is 9.47 Å². The number of alkyl carbamates (subject to hydrolysis) is 1. The fraction of sp³-hybridized carbons (Fsp3) is 0.656. The first kappa shape index (κ1) is 32.8. The second kappa shape index (κ2) is 12.1. The van der Waals surface area contributed by atoms with Gasteiger partial charge in [-0.2, -0.15) is 0 Å². The fourth-order valence-corrected chi connectivity index (χ4v) is 6.38. The number of alkyl halides is 3. The number of benzene rings is 1. The van der Waals surface area contributed by atoms with Crippen molar-refractivity contribution in [3.05, 3.63) is 40.2 Å². The van der Waals surface area contributed by atoms with Gasteiger partial charge in [-0.15, -0.1) is 0 Å². The first-order valence-electron chi connectivity index (χ1n) is 15.0. The molecule has 1 N–H and O–H groups in total. The molecule has 1 heterocycles. The van der Waals surface area contributed by atoms with E-state index in [-0.39, 0.29) is 48.9 Å². The lowest BCUT2D eigenvalue weighted by Gasteiger charge is -2.32. The van der Waals surface area contributed by atoms with Gasteiger partial charge in [0.2, 0.25) is 0 Å². The van der Waals surface area contributed by atoms with E-state index in [0.29, 0.717) is 36.8 Å². The van der Waals surface area contributed by atoms with Crippen molar-refractivity contribution in [1.82, 2.24) is 5.32 Å². The van der Waals surface area contributed by atoms with Gasteiger partial charge in [-0.05, 0) is 96.8 Å². The van der Waals surface area contributed by atoms with Gasteiger partial charge in [0.15, 0.2) is 5.78 Å². The highest BCUT2D eigenvalue weighted by molar-refractivity contribution is 6.24. The maximum Gasteiger partial charge on any atom is 0.408 e. The summed E-state index contributed by atoms with van der Waals surface area (Å²) in [5.41, 5.74) is -1.58. The molecule has 238 valence electrons. The van der Waals surface area contributed by atoms with Crippen molar-refractivity contribution < 1.29 is 41.4 Å². The molecule has 4 rings (SSSR count). The number of hydrogen-bond acceptors (Lipinski definition) is 6. The van der Waals surface area contributed by atoms with Crippen LogP contribution in [0.15, 0.2) is 17.7 Å². The van der Waals surface area contributed by atoms with Crippen LogP contribution in [0, 0.1) is 31.5 Å². The van der Waals surface area contributed by atoms with Gasteiger partial charge < -0.3 is 19.7 Å². The summed E-state index contributed by atoms with van der Waals surface area (Å²) in [6.45, 7) is 9.62. The molecule has 3 aliphatic rings. The molecule has 0 unspecified atom stereocenters. The van der Waals surface area contributed by atoms with Crippen molar-refractivity contribution in [3.8, 4) is 0 Å². The van der Waals surface area contributed by atoms with Gasteiger partial charge in [-0.3, -0.25) is 4.79 Å². The Morgan fingerprint density at radius 2 is 1.84 bits per heavy atom. The highest BCUT2D eigenvalue weighted by atomic mass is 19.3. The smallest absolute Gasteiger partial charge is 0.408 e. The Morgan fingerprint density at radius 3 is 2.44 bits per heavy atom. The fourth-order valence-electron chi connectivity index (χ4n) is 6.38. The topological polar surface area (TPSA) is 84.9 Å². The predicted octanol–water partition coefficient (Wildman–Crippen LogP) is 6.77. The lowest BCUT2D eigenvalue weighted by Crippen LogP contribution is -2.54. The van der Waals surface area contributed by atoms with Crippen LogP contribution in [-0.4, -0.2) is 60.8 Å². The van der Waals surface area contributed by atoms with E-state index in [9.17, 15) is 18.8 Å². The van der Waals surface area contributed by atoms with Crippen molar-refractivity contribution in [2.24, 2.45) is 11.8 Å². The molecule has 0 spiro atoms. The van der Waals surface area contributed by atoms with E-state index in [2.05, 4.69) is 5.32 Å². The lowest BCUT2D eigenvalue weighted by molar-refractivity contribution is -0.138. The van der Waals surface area contributed by atoms with Crippen LogP contribution < -0.4 is 10.2 Å². The number of anilines is 1. The minimum Gasteiger partial charge on any atom is -0.462 e. The number of rotatable bonds is 10. The normalized spacial score (nSPS) is 26.2. The van der Waals surface area contributed by atoms with Crippen LogP contribution in [0.1, 0.15) is 87.7 Å². The first-order valence-corrected chi connectivity index (χ1v) is 15.0. The Bertz CT molecular complexity index is 1310. The number of fused-ring (bicyclic) bond motifs is 1. The first-order chi connectivity index (χ1) is 20.0. The molecule has 2 saturated carbocycles. The summed E-state index contributed by atoms with van der Waals surface area (Å²) in [5, 5.41) is 2.69. The molecular weight excluding hydrogens is 568 g/mol. The zero-order chi connectivity index (χ0) is 31.9. The molecule has 11 heteroatoms. The maximum atomic E-state index is 15.9. The molecule has 0 radical (unpaired) electrons. The second-order valence-electron chi connectivity index (χ2n) is 13.1. The van der Waals surface area contributed by atoms with Gasteiger partial charge >= 0.3 is 12.1 Å². The van der Waals surface area contributed by atoms with Crippen LogP contribution in [0.4, 0.5) is 28.0 Å². The molecule has 4 atom stereocenters. The number of carbonyl (C=O) groups excluding carboxylic acids is 3. The average molecular weight is 611 g/mol. The Labute approximate surface area is 250 Å². The molecular formula is C32H42F4N2O5. The number of nitrogens with one attached hydrogen (secondary N) is 1. The molecule has 1 aromatic carbocycles. The number of nitrogens with zero attached hydrogens (tertiary/aromatic N) is 1. The standard InChI is InChI=1S/C32H42F4N2O5/c1-7-42-28(40)21(11-9-8-10-20-14-23(20)33)27(39)22-15-24(34)26(19(3)18(22)2)38-16-25-31(17-38,12-13-32(25,35)36)37-29(41)43-30(4,5)6/h11,15,20,23,25H,7-10,12-14,16-17H2,1-6H3,(H,37,41)/b21-11+/t20-,23+,25-,31-/m1/s1. The van der Waals surface area contributed by atoms with Crippen LogP contribution in [0.2, 0.25) is 0 Å². The van der Waals surface area contributed by atoms with Gasteiger partial charge in [0, 0.05) is 25.1 Å². The molecule has 1 amide bonds. The number of halogens is 4. The maximum absolute atomic E-state index is 15.9. The SMILES string of the molecule is CCOC(=O)/C(=C/CCC[C@@H]1C[C@@H]1F)C(=O)c1cc(F)c(N2C[C@H]3C(F)(F)CC[C@@]3(NC(=O)OC(C)(C)C)C2)c(C)c1C. The lowest BCUT2D eigenvalue weighted by atomic mass is 9.89. The van der Waals surface area contributed by atoms with Crippen molar-refractivity contribution in [2.75, 3.05) is 24.6 Å².